The summed E-state index contributed by atoms with van der Waals surface area (Å²) in [6.07, 6.45) is 1.01. The molecule has 1 aromatic carbocycles. The molecule has 0 fully saturated rings. The highest BCUT2D eigenvalue weighted by atomic mass is 15.3. The van der Waals surface area contributed by atoms with E-state index >= 15 is 0 Å². The summed E-state index contributed by atoms with van der Waals surface area (Å²) >= 11 is 0. The maximum Gasteiger partial charge on any atom is 0.113 e. The fourth-order valence-corrected chi connectivity index (χ4v) is 1.46. The zero-order valence-corrected chi connectivity index (χ0v) is 8.53. The van der Waals surface area contributed by atoms with Gasteiger partial charge in [0, 0.05) is 6.54 Å². The average Bonchev–Trinajstić information content (AvgIpc) is 2.71. The molecule has 0 aliphatic carbocycles. The summed E-state index contributed by atoms with van der Waals surface area (Å²) in [4.78, 5) is 0. The van der Waals surface area contributed by atoms with E-state index in [-0.39, 0.29) is 0 Å². The topological polar surface area (TPSA) is 79.6 Å². The van der Waals surface area contributed by atoms with Gasteiger partial charge in [0.05, 0.1) is 0 Å². The van der Waals surface area contributed by atoms with Gasteiger partial charge in [-0.15, -0.1) is 0 Å². The van der Waals surface area contributed by atoms with Crippen LogP contribution in [-0.4, -0.2) is 28.5 Å². The third-order valence-electron chi connectivity index (χ3n) is 2.27. The molecule has 0 atom stereocenters. The molecule has 1 aromatic heterocycles. The van der Waals surface area contributed by atoms with Crippen LogP contribution >= 0.6 is 0 Å². The lowest BCUT2D eigenvalue weighted by Gasteiger charge is -2.03. The fraction of sp³-hybridized carbons (Fsp3) is 0.400. The molecule has 0 saturated heterocycles. The summed E-state index contributed by atoms with van der Waals surface area (Å²) < 4.78 is 0. The number of hydrogen-bond acceptors (Lipinski definition) is 4. The van der Waals surface area contributed by atoms with Gasteiger partial charge >= 0.3 is 0 Å². The van der Waals surface area contributed by atoms with Crippen LogP contribution in [0.15, 0.2) is 18.2 Å². The minimum Gasteiger partial charge on any atom is -0.330 e. The van der Waals surface area contributed by atoms with Crippen molar-refractivity contribution in [3.05, 3.63) is 23.8 Å². The van der Waals surface area contributed by atoms with E-state index in [0.717, 1.165) is 37.1 Å². The smallest absolute Gasteiger partial charge is 0.113 e. The lowest BCUT2D eigenvalue weighted by molar-refractivity contribution is 0.656. The van der Waals surface area contributed by atoms with Gasteiger partial charge in [-0.3, -0.25) is 0 Å². The van der Waals surface area contributed by atoms with Crippen molar-refractivity contribution in [2.45, 2.75) is 13.0 Å². The van der Waals surface area contributed by atoms with Gasteiger partial charge in [-0.25, -0.2) is 0 Å². The van der Waals surface area contributed by atoms with Crippen LogP contribution < -0.4 is 11.1 Å². The van der Waals surface area contributed by atoms with Crippen LogP contribution in [0.4, 0.5) is 0 Å². The minimum atomic E-state index is 0.731. The summed E-state index contributed by atoms with van der Waals surface area (Å²) in [6.45, 7) is 2.53. The quantitative estimate of drug-likeness (QED) is 0.617. The standard InChI is InChI=1S/C10H15N5/c11-4-1-5-12-7-8-2-3-9-10(6-8)14-15-13-9/h2-3,6,12H,1,4-5,7,11H2,(H,13,14,15). The molecule has 1 heterocycles. The zero-order valence-electron chi connectivity index (χ0n) is 8.53. The largest absolute Gasteiger partial charge is 0.330 e. The molecule has 2 aromatic rings. The first-order chi connectivity index (χ1) is 7.40. The molecule has 0 unspecified atom stereocenters. The van der Waals surface area contributed by atoms with Crippen molar-refractivity contribution in [2.75, 3.05) is 13.1 Å². The van der Waals surface area contributed by atoms with Crippen LogP contribution in [0.1, 0.15) is 12.0 Å². The average molecular weight is 205 g/mol. The minimum absolute atomic E-state index is 0.731. The lowest BCUT2D eigenvalue weighted by atomic mass is 10.2. The fourth-order valence-electron chi connectivity index (χ4n) is 1.46. The summed E-state index contributed by atoms with van der Waals surface area (Å²) in [5.74, 6) is 0. The second-order valence-corrected chi connectivity index (χ2v) is 3.47. The van der Waals surface area contributed by atoms with E-state index in [9.17, 15) is 0 Å². The zero-order chi connectivity index (χ0) is 10.5. The molecular formula is C10H15N5. The van der Waals surface area contributed by atoms with Gasteiger partial charge in [0.15, 0.2) is 0 Å². The normalized spacial score (nSPS) is 11.0. The molecule has 0 aliphatic heterocycles. The number of nitrogens with zero attached hydrogens (tertiary/aromatic N) is 2. The van der Waals surface area contributed by atoms with Gasteiger partial charge in [-0.1, -0.05) is 6.07 Å². The number of aromatic amines is 1. The Kier molecular flexibility index (Phi) is 3.26. The Bertz CT molecular complexity index is 422. The van der Waals surface area contributed by atoms with Crippen LogP contribution in [0.2, 0.25) is 0 Å². The Hall–Kier alpha value is -1.46. The van der Waals surface area contributed by atoms with E-state index in [1.807, 2.05) is 12.1 Å². The van der Waals surface area contributed by atoms with Crippen LogP contribution in [0.5, 0.6) is 0 Å². The van der Waals surface area contributed by atoms with Gasteiger partial charge < -0.3 is 11.1 Å². The van der Waals surface area contributed by atoms with Crippen molar-refractivity contribution >= 4 is 11.0 Å². The van der Waals surface area contributed by atoms with E-state index < -0.39 is 0 Å². The van der Waals surface area contributed by atoms with Crippen LogP contribution in [0, 0.1) is 0 Å². The molecule has 15 heavy (non-hydrogen) atoms. The number of hydrogen-bond donors (Lipinski definition) is 3. The van der Waals surface area contributed by atoms with E-state index in [2.05, 4.69) is 26.8 Å². The molecule has 0 bridgehead atoms. The highest BCUT2D eigenvalue weighted by Crippen LogP contribution is 2.09. The molecule has 0 saturated carbocycles. The van der Waals surface area contributed by atoms with Crippen LogP contribution in [0.3, 0.4) is 0 Å². The van der Waals surface area contributed by atoms with Crippen molar-refractivity contribution in [3.8, 4) is 0 Å². The van der Waals surface area contributed by atoms with Gasteiger partial charge in [-0.05, 0) is 37.2 Å². The van der Waals surface area contributed by atoms with Crippen molar-refractivity contribution < 1.29 is 0 Å². The lowest BCUT2D eigenvalue weighted by Crippen LogP contribution is -2.17. The maximum absolute atomic E-state index is 5.41. The second-order valence-electron chi connectivity index (χ2n) is 3.47. The predicted molar refractivity (Wildman–Crippen MR) is 59.3 cm³/mol. The monoisotopic (exact) mass is 205 g/mol. The third-order valence-corrected chi connectivity index (χ3v) is 2.27. The Balaban J connectivity index is 1.96. The number of nitrogens with one attached hydrogen (secondary N) is 2. The van der Waals surface area contributed by atoms with Crippen LogP contribution in [0.25, 0.3) is 11.0 Å². The second kappa shape index (κ2) is 4.86. The van der Waals surface area contributed by atoms with Gasteiger partial charge in [-0.2, -0.15) is 15.4 Å². The van der Waals surface area contributed by atoms with E-state index in [1.165, 1.54) is 5.56 Å². The Morgan fingerprint density at radius 2 is 2.13 bits per heavy atom. The van der Waals surface area contributed by atoms with E-state index in [4.69, 9.17) is 5.73 Å². The third kappa shape index (κ3) is 2.51. The molecule has 80 valence electrons. The molecule has 0 spiro atoms. The molecule has 0 radical (unpaired) electrons. The highest BCUT2D eigenvalue weighted by molar-refractivity contribution is 5.74. The molecule has 4 N–H and O–H groups in total. The van der Waals surface area contributed by atoms with Gasteiger partial charge in [0.1, 0.15) is 11.0 Å². The molecule has 0 aliphatic rings. The van der Waals surface area contributed by atoms with Crippen molar-refractivity contribution in [1.82, 2.24) is 20.7 Å². The van der Waals surface area contributed by atoms with Gasteiger partial charge in [0.25, 0.3) is 0 Å². The molecular weight excluding hydrogens is 190 g/mol. The number of rotatable bonds is 5. The Labute approximate surface area is 88.0 Å². The van der Waals surface area contributed by atoms with Crippen molar-refractivity contribution in [1.29, 1.82) is 0 Å². The van der Waals surface area contributed by atoms with E-state index in [0.29, 0.717) is 0 Å². The van der Waals surface area contributed by atoms with E-state index in [1.54, 1.807) is 0 Å². The summed E-state index contributed by atoms with van der Waals surface area (Å²) in [5.41, 5.74) is 8.44. The maximum atomic E-state index is 5.41. The first-order valence-corrected chi connectivity index (χ1v) is 5.10. The molecule has 0 amide bonds. The van der Waals surface area contributed by atoms with Crippen molar-refractivity contribution in [2.24, 2.45) is 5.73 Å². The number of nitrogens with two attached hydrogens (primary N) is 1. The Morgan fingerprint density at radius 1 is 1.27 bits per heavy atom. The van der Waals surface area contributed by atoms with Crippen LogP contribution in [-0.2, 0) is 6.54 Å². The number of benzene rings is 1. The first kappa shape index (κ1) is 10.1. The Morgan fingerprint density at radius 3 is 3.00 bits per heavy atom. The summed E-state index contributed by atoms with van der Waals surface area (Å²) in [7, 11) is 0. The predicted octanol–water partition coefficient (Wildman–Crippen LogP) is 0.396. The number of aromatic nitrogens is 3. The van der Waals surface area contributed by atoms with Gasteiger partial charge in [0.2, 0.25) is 0 Å². The SMILES string of the molecule is NCCCNCc1ccc2n[nH]nc2c1. The summed E-state index contributed by atoms with van der Waals surface area (Å²) in [5, 5.41) is 14.0. The van der Waals surface area contributed by atoms with Crippen molar-refractivity contribution in [3.63, 3.8) is 0 Å². The molecule has 5 nitrogen and oxygen atoms in total. The number of fused-ring (bicyclic) bond motifs is 1. The molecule has 5 heteroatoms. The number of H-pyrrole nitrogens is 1. The summed E-state index contributed by atoms with van der Waals surface area (Å²) in [6, 6.07) is 6.06. The first-order valence-electron chi connectivity index (χ1n) is 5.10. The molecule has 2 rings (SSSR count). The highest BCUT2D eigenvalue weighted by Gasteiger charge is 1.98.